The maximum atomic E-state index is 5.29. The predicted octanol–water partition coefficient (Wildman–Crippen LogP) is -2.31. The molecule has 0 aromatic carbocycles. The number of morpholine rings is 1. The first-order chi connectivity index (χ1) is 5.29. The Kier molecular flexibility index (Phi) is 3.55. The van der Waals surface area contributed by atoms with E-state index in [0.717, 1.165) is 33.0 Å². The Bertz CT molecular complexity index is 136. The van der Waals surface area contributed by atoms with Gasteiger partial charge in [0.05, 0.1) is 13.2 Å². The normalized spacial score (nSPS) is 19.6. The van der Waals surface area contributed by atoms with Gasteiger partial charge in [-0.2, -0.15) is 0 Å². The van der Waals surface area contributed by atoms with Gasteiger partial charge in [0.15, 0.2) is 11.8 Å². The quantitative estimate of drug-likeness (QED) is 0.414. The Morgan fingerprint density at radius 2 is 2.18 bits per heavy atom. The largest absolute Gasteiger partial charge is 0.376 e. The minimum atomic E-state index is 0.379. The molecule has 1 rings (SSSR count). The van der Waals surface area contributed by atoms with Crippen molar-refractivity contribution in [2.45, 2.75) is 0 Å². The molecule has 0 saturated carbocycles. The van der Waals surface area contributed by atoms with Crippen LogP contribution in [0.15, 0.2) is 0 Å². The summed E-state index contributed by atoms with van der Waals surface area (Å²) >= 11 is 4.69. The van der Waals surface area contributed by atoms with Crippen LogP contribution in [0.5, 0.6) is 0 Å². The summed E-state index contributed by atoms with van der Waals surface area (Å²) in [5.41, 5.74) is 5.29. The first-order valence-electron chi connectivity index (χ1n) is 3.73. The lowest BCUT2D eigenvalue weighted by Gasteiger charge is -2.23. The lowest BCUT2D eigenvalue weighted by molar-refractivity contribution is -0.909. The van der Waals surface area contributed by atoms with Gasteiger partial charge in [-0.25, -0.2) is 0 Å². The van der Waals surface area contributed by atoms with E-state index in [-0.39, 0.29) is 0 Å². The van der Waals surface area contributed by atoms with E-state index < -0.39 is 0 Å². The molecule has 11 heavy (non-hydrogen) atoms. The van der Waals surface area contributed by atoms with Crippen molar-refractivity contribution in [2.75, 3.05) is 33.0 Å². The van der Waals surface area contributed by atoms with Crippen LogP contribution in [0.3, 0.4) is 0 Å². The van der Waals surface area contributed by atoms with E-state index in [1.807, 2.05) is 0 Å². The van der Waals surface area contributed by atoms with Crippen LogP contribution in [0, 0.1) is 0 Å². The average Bonchev–Trinajstić information content (AvgIpc) is 2.03. The van der Waals surface area contributed by atoms with Crippen LogP contribution >= 0.6 is 12.2 Å². The third kappa shape index (κ3) is 3.50. The number of nitrogens with two attached hydrogens (primary N) is 1. The highest BCUT2D eigenvalue weighted by Crippen LogP contribution is 1.73. The van der Waals surface area contributed by atoms with E-state index in [0.29, 0.717) is 5.11 Å². The molecule has 4 N–H and O–H groups in total. The van der Waals surface area contributed by atoms with Gasteiger partial charge in [-0.05, 0) is 12.2 Å². The molecular formula is C6H14N3OS+. The summed E-state index contributed by atoms with van der Waals surface area (Å²) in [4.78, 5) is 1.45. The minimum Gasteiger partial charge on any atom is -0.376 e. The number of nitrogens with one attached hydrogen (secondary N) is 2. The molecule has 64 valence electrons. The summed E-state index contributed by atoms with van der Waals surface area (Å²) in [6.07, 6.45) is 0. The zero-order chi connectivity index (χ0) is 8.10. The van der Waals surface area contributed by atoms with Gasteiger partial charge in [0.1, 0.15) is 13.1 Å². The maximum absolute atomic E-state index is 5.29. The summed E-state index contributed by atoms with van der Waals surface area (Å²) in [7, 11) is 0. The van der Waals surface area contributed by atoms with Gasteiger partial charge in [-0.3, -0.25) is 0 Å². The second kappa shape index (κ2) is 4.48. The molecular weight excluding hydrogens is 162 g/mol. The number of ether oxygens (including phenoxy) is 1. The molecule has 0 aliphatic carbocycles. The van der Waals surface area contributed by atoms with Crippen LogP contribution in [-0.2, 0) is 4.74 Å². The molecule has 1 fully saturated rings. The van der Waals surface area contributed by atoms with Gasteiger partial charge < -0.3 is 20.7 Å². The zero-order valence-corrected chi connectivity index (χ0v) is 7.25. The van der Waals surface area contributed by atoms with E-state index in [4.69, 9.17) is 10.5 Å². The van der Waals surface area contributed by atoms with Crippen molar-refractivity contribution in [3.8, 4) is 0 Å². The highest BCUT2D eigenvalue weighted by molar-refractivity contribution is 7.80. The number of quaternary nitrogens is 1. The molecule has 0 spiro atoms. The Morgan fingerprint density at radius 3 is 2.73 bits per heavy atom. The van der Waals surface area contributed by atoms with E-state index in [9.17, 15) is 0 Å². The van der Waals surface area contributed by atoms with Crippen LogP contribution in [0.4, 0.5) is 0 Å². The van der Waals surface area contributed by atoms with E-state index in [1.165, 1.54) is 4.90 Å². The van der Waals surface area contributed by atoms with Gasteiger partial charge >= 0.3 is 0 Å². The topological polar surface area (TPSA) is 51.7 Å². The van der Waals surface area contributed by atoms with Crippen LogP contribution in [0.1, 0.15) is 0 Å². The second-order valence-corrected chi connectivity index (χ2v) is 3.02. The second-order valence-electron chi connectivity index (χ2n) is 2.58. The molecule has 0 aromatic heterocycles. The van der Waals surface area contributed by atoms with Gasteiger partial charge in [0.2, 0.25) is 0 Å². The fourth-order valence-electron chi connectivity index (χ4n) is 1.05. The van der Waals surface area contributed by atoms with E-state index >= 15 is 0 Å². The average molecular weight is 176 g/mol. The molecule has 1 heterocycles. The molecule has 0 radical (unpaired) electrons. The maximum Gasteiger partial charge on any atom is 0.167 e. The Hall–Kier alpha value is -0.390. The first-order valence-corrected chi connectivity index (χ1v) is 4.14. The highest BCUT2D eigenvalue weighted by atomic mass is 32.1. The molecule has 1 aliphatic rings. The SMILES string of the molecule is NC(=S)NC[NH+]1CCOCC1. The van der Waals surface area contributed by atoms with Crippen molar-refractivity contribution in [1.82, 2.24) is 5.32 Å². The van der Waals surface area contributed by atoms with Gasteiger partial charge in [-0.15, -0.1) is 0 Å². The molecule has 0 unspecified atom stereocenters. The molecule has 1 aliphatic heterocycles. The summed E-state index contributed by atoms with van der Waals surface area (Å²) in [5, 5.41) is 3.31. The summed E-state index contributed by atoms with van der Waals surface area (Å²) in [6, 6.07) is 0. The minimum absolute atomic E-state index is 0.379. The van der Waals surface area contributed by atoms with Crippen LogP contribution in [0.2, 0.25) is 0 Å². The highest BCUT2D eigenvalue weighted by Gasteiger charge is 2.12. The van der Waals surface area contributed by atoms with Crippen molar-refractivity contribution in [3.05, 3.63) is 0 Å². The lowest BCUT2D eigenvalue weighted by Crippen LogP contribution is -3.15. The number of hydrogen-bond acceptors (Lipinski definition) is 2. The lowest BCUT2D eigenvalue weighted by atomic mass is 10.4. The molecule has 5 heteroatoms. The number of thiocarbonyl (C=S) groups is 1. The third-order valence-electron chi connectivity index (χ3n) is 1.71. The number of rotatable bonds is 2. The van der Waals surface area contributed by atoms with Gasteiger partial charge in [0.25, 0.3) is 0 Å². The zero-order valence-electron chi connectivity index (χ0n) is 6.43. The van der Waals surface area contributed by atoms with Crippen molar-refractivity contribution in [3.63, 3.8) is 0 Å². The molecule has 0 aromatic rings. The molecule has 0 amide bonds. The predicted molar refractivity (Wildman–Crippen MR) is 46.3 cm³/mol. The van der Waals surface area contributed by atoms with Crippen LogP contribution in [0.25, 0.3) is 0 Å². The van der Waals surface area contributed by atoms with Crippen molar-refractivity contribution in [2.24, 2.45) is 5.73 Å². The van der Waals surface area contributed by atoms with Crippen LogP contribution in [-0.4, -0.2) is 38.1 Å². The Morgan fingerprint density at radius 1 is 1.55 bits per heavy atom. The first kappa shape index (κ1) is 8.70. The summed E-state index contributed by atoms with van der Waals surface area (Å²) in [6.45, 7) is 4.58. The smallest absolute Gasteiger partial charge is 0.167 e. The van der Waals surface area contributed by atoms with Crippen LogP contribution < -0.4 is 16.0 Å². The Balaban J connectivity index is 2.09. The van der Waals surface area contributed by atoms with Gasteiger partial charge in [-0.1, -0.05) is 0 Å². The fourth-order valence-corrected chi connectivity index (χ4v) is 1.12. The van der Waals surface area contributed by atoms with Gasteiger partial charge in [0, 0.05) is 0 Å². The van der Waals surface area contributed by atoms with Crippen molar-refractivity contribution < 1.29 is 9.64 Å². The van der Waals surface area contributed by atoms with E-state index in [2.05, 4.69) is 17.5 Å². The Labute approximate surface area is 71.7 Å². The summed E-state index contributed by atoms with van der Waals surface area (Å²) < 4.78 is 5.19. The summed E-state index contributed by atoms with van der Waals surface area (Å²) in [5.74, 6) is 0. The van der Waals surface area contributed by atoms with Crippen molar-refractivity contribution >= 4 is 17.3 Å². The van der Waals surface area contributed by atoms with E-state index in [1.54, 1.807) is 0 Å². The molecule has 1 saturated heterocycles. The third-order valence-corrected chi connectivity index (χ3v) is 1.86. The standard InChI is InChI=1S/C6H13N3OS/c7-6(11)8-5-9-1-3-10-4-2-9/h1-5H2,(H3,7,8,11)/p+1. The molecule has 0 atom stereocenters. The molecule has 4 nitrogen and oxygen atoms in total. The molecule has 0 bridgehead atoms. The number of hydrogen-bond donors (Lipinski definition) is 3. The monoisotopic (exact) mass is 176 g/mol. The van der Waals surface area contributed by atoms with Crippen molar-refractivity contribution in [1.29, 1.82) is 0 Å². The fraction of sp³-hybridized carbons (Fsp3) is 0.833.